The van der Waals surface area contributed by atoms with Gasteiger partial charge in [-0.2, -0.15) is 11.8 Å². The Morgan fingerprint density at radius 2 is 2.27 bits per heavy atom. The Morgan fingerprint density at radius 3 is 3.00 bits per heavy atom. The predicted octanol–water partition coefficient (Wildman–Crippen LogP) is 3.40. The number of aliphatic hydroxyl groups excluding tert-OH is 1. The van der Waals surface area contributed by atoms with Gasteiger partial charge in [0.05, 0.1) is 11.1 Å². The van der Waals surface area contributed by atoms with E-state index in [0.29, 0.717) is 0 Å². The monoisotopic (exact) mass is 246 g/mol. The van der Waals surface area contributed by atoms with Gasteiger partial charge in [0.25, 0.3) is 0 Å². The quantitative estimate of drug-likeness (QED) is 0.757. The van der Waals surface area contributed by atoms with Crippen LogP contribution in [0.5, 0.6) is 0 Å². The average Bonchev–Trinajstić information content (AvgIpc) is 2.32. The first kappa shape index (κ1) is 11.2. The molecule has 1 aliphatic heterocycles. The van der Waals surface area contributed by atoms with Crippen molar-refractivity contribution in [2.24, 2.45) is 5.92 Å². The fourth-order valence-corrected chi connectivity index (χ4v) is 3.07. The summed E-state index contributed by atoms with van der Waals surface area (Å²) in [5.74, 6) is 1.40. The topological polar surface area (TPSA) is 20.2 Å². The predicted molar refractivity (Wildman–Crippen MR) is 61.7 cm³/mol. The molecule has 2 atom stereocenters. The van der Waals surface area contributed by atoms with Crippen LogP contribution in [0.25, 0.3) is 0 Å². The van der Waals surface area contributed by atoms with Crippen LogP contribution in [-0.4, -0.2) is 10.9 Å². The zero-order valence-corrected chi connectivity index (χ0v) is 9.91. The van der Waals surface area contributed by atoms with Crippen LogP contribution < -0.4 is 0 Å². The number of halogens is 2. The third-order valence-corrected chi connectivity index (χ3v) is 4.24. The van der Waals surface area contributed by atoms with Gasteiger partial charge in [0.1, 0.15) is 5.82 Å². The molecule has 1 aromatic carbocycles. The minimum absolute atomic E-state index is 0.0897. The van der Waals surface area contributed by atoms with E-state index in [1.165, 1.54) is 6.07 Å². The van der Waals surface area contributed by atoms with Crippen LogP contribution in [-0.2, 0) is 5.75 Å². The SMILES string of the molecule is CC1CSCc2cc(F)c(Cl)cc2C1O. The summed E-state index contributed by atoms with van der Waals surface area (Å²) in [7, 11) is 0. The second-order valence-corrected chi connectivity index (χ2v) is 5.34. The Balaban J connectivity index is 2.49. The zero-order chi connectivity index (χ0) is 11.0. The number of benzene rings is 1. The Bertz CT molecular complexity index is 383. The van der Waals surface area contributed by atoms with Gasteiger partial charge in [-0.1, -0.05) is 18.5 Å². The van der Waals surface area contributed by atoms with E-state index in [-0.39, 0.29) is 10.9 Å². The Hall–Kier alpha value is -0.250. The summed E-state index contributed by atoms with van der Waals surface area (Å²) < 4.78 is 13.2. The molecule has 0 radical (unpaired) electrons. The van der Waals surface area contributed by atoms with Crippen molar-refractivity contribution in [1.82, 2.24) is 0 Å². The second-order valence-electron chi connectivity index (χ2n) is 3.90. The first-order valence-corrected chi connectivity index (χ1v) is 6.36. The summed E-state index contributed by atoms with van der Waals surface area (Å²) in [6.07, 6.45) is -0.534. The van der Waals surface area contributed by atoms with Crippen LogP contribution >= 0.6 is 23.4 Å². The van der Waals surface area contributed by atoms with Crippen molar-refractivity contribution < 1.29 is 9.50 Å². The summed E-state index contributed by atoms with van der Waals surface area (Å²) in [6.45, 7) is 1.99. The summed E-state index contributed by atoms with van der Waals surface area (Å²) in [6, 6.07) is 2.99. The first-order chi connectivity index (χ1) is 7.09. The molecule has 0 aliphatic carbocycles. The minimum atomic E-state index is -0.534. The third-order valence-electron chi connectivity index (χ3n) is 2.68. The molecule has 2 unspecified atom stereocenters. The van der Waals surface area contributed by atoms with Crippen molar-refractivity contribution in [1.29, 1.82) is 0 Å². The number of hydrogen-bond donors (Lipinski definition) is 1. The van der Waals surface area contributed by atoms with Crippen molar-refractivity contribution in [2.75, 3.05) is 5.75 Å². The van der Waals surface area contributed by atoms with Crippen molar-refractivity contribution in [3.63, 3.8) is 0 Å². The van der Waals surface area contributed by atoms with Crippen LogP contribution in [0.4, 0.5) is 4.39 Å². The largest absolute Gasteiger partial charge is 0.388 e. The molecule has 1 aliphatic rings. The normalized spacial score (nSPS) is 25.9. The maximum absolute atomic E-state index is 13.2. The molecule has 0 amide bonds. The summed E-state index contributed by atoms with van der Waals surface area (Å²) >= 11 is 7.43. The lowest BCUT2D eigenvalue weighted by molar-refractivity contribution is 0.129. The van der Waals surface area contributed by atoms with E-state index in [2.05, 4.69) is 0 Å². The highest BCUT2D eigenvalue weighted by molar-refractivity contribution is 7.98. The van der Waals surface area contributed by atoms with Gasteiger partial charge in [0.2, 0.25) is 0 Å². The molecule has 1 aromatic rings. The van der Waals surface area contributed by atoms with Crippen LogP contribution in [0.2, 0.25) is 5.02 Å². The van der Waals surface area contributed by atoms with E-state index < -0.39 is 11.9 Å². The average molecular weight is 247 g/mol. The molecule has 2 rings (SSSR count). The van der Waals surface area contributed by atoms with Gasteiger partial charge in [0.15, 0.2) is 0 Å². The Labute approximate surface area is 97.6 Å². The number of aliphatic hydroxyl groups is 1. The molecule has 0 spiro atoms. The molecule has 82 valence electrons. The standard InChI is InChI=1S/C11H12ClFOS/c1-6-4-15-5-7-2-10(13)9(12)3-8(7)11(6)14/h2-3,6,11,14H,4-5H2,1H3. The van der Waals surface area contributed by atoms with Gasteiger partial charge < -0.3 is 5.11 Å². The molecule has 15 heavy (non-hydrogen) atoms. The zero-order valence-electron chi connectivity index (χ0n) is 8.34. The molecule has 4 heteroatoms. The lowest BCUT2D eigenvalue weighted by Gasteiger charge is -2.17. The van der Waals surface area contributed by atoms with Crippen molar-refractivity contribution in [2.45, 2.75) is 18.8 Å². The maximum atomic E-state index is 13.2. The van der Waals surface area contributed by atoms with E-state index >= 15 is 0 Å². The van der Waals surface area contributed by atoms with Crippen molar-refractivity contribution in [3.05, 3.63) is 34.1 Å². The summed E-state index contributed by atoms with van der Waals surface area (Å²) in [5.41, 5.74) is 1.64. The number of hydrogen-bond acceptors (Lipinski definition) is 2. The van der Waals surface area contributed by atoms with Gasteiger partial charge in [-0.15, -0.1) is 0 Å². The molecule has 1 heterocycles. The van der Waals surface area contributed by atoms with Gasteiger partial charge in [-0.3, -0.25) is 0 Å². The van der Waals surface area contributed by atoms with Crippen LogP contribution in [0.15, 0.2) is 12.1 Å². The Morgan fingerprint density at radius 1 is 1.53 bits per heavy atom. The third kappa shape index (κ3) is 2.14. The fourth-order valence-electron chi connectivity index (χ4n) is 1.76. The lowest BCUT2D eigenvalue weighted by Crippen LogP contribution is -2.10. The van der Waals surface area contributed by atoms with Crippen molar-refractivity contribution in [3.8, 4) is 0 Å². The maximum Gasteiger partial charge on any atom is 0.142 e. The molecule has 0 fully saturated rings. The van der Waals surface area contributed by atoms with Gasteiger partial charge in [-0.05, 0) is 34.9 Å². The van der Waals surface area contributed by atoms with E-state index in [9.17, 15) is 9.50 Å². The fraction of sp³-hybridized carbons (Fsp3) is 0.455. The highest BCUT2D eigenvalue weighted by Gasteiger charge is 2.24. The highest BCUT2D eigenvalue weighted by atomic mass is 35.5. The molecular weight excluding hydrogens is 235 g/mol. The van der Waals surface area contributed by atoms with Crippen molar-refractivity contribution >= 4 is 23.4 Å². The molecular formula is C11H12ClFOS. The number of rotatable bonds is 0. The molecule has 0 aromatic heterocycles. The highest BCUT2D eigenvalue weighted by Crippen LogP contribution is 2.36. The van der Waals surface area contributed by atoms with Crippen LogP contribution in [0.3, 0.4) is 0 Å². The summed E-state index contributed by atoms with van der Waals surface area (Å²) in [4.78, 5) is 0. The number of thioether (sulfide) groups is 1. The van der Waals surface area contributed by atoms with Gasteiger partial charge in [0, 0.05) is 5.75 Å². The van der Waals surface area contributed by atoms with E-state index in [1.54, 1.807) is 17.8 Å². The number of fused-ring (bicyclic) bond motifs is 1. The molecule has 0 bridgehead atoms. The lowest BCUT2D eigenvalue weighted by atomic mass is 9.95. The van der Waals surface area contributed by atoms with Crippen LogP contribution in [0, 0.1) is 11.7 Å². The molecule has 1 N–H and O–H groups in total. The molecule has 0 saturated carbocycles. The van der Waals surface area contributed by atoms with Gasteiger partial charge in [-0.25, -0.2) is 4.39 Å². The molecule has 1 nitrogen and oxygen atoms in total. The van der Waals surface area contributed by atoms with Gasteiger partial charge >= 0.3 is 0 Å². The van der Waals surface area contributed by atoms with Crippen LogP contribution in [0.1, 0.15) is 24.2 Å². The minimum Gasteiger partial charge on any atom is -0.388 e. The van der Waals surface area contributed by atoms with E-state index in [4.69, 9.17) is 11.6 Å². The first-order valence-electron chi connectivity index (χ1n) is 4.83. The Kier molecular flexibility index (Phi) is 3.24. The second kappa shape index (κ2) is 4.32. The smallest absolute Gasteiger partial charge is 0.142 e. The van der Waals surface area contributed by atoms with E-state index in [1.807, 2.05) is 6.92 Å². The molecule has 0 saturated heterocycles. The van der Waals surface area contributed by atoms with E-state index in [0.717, 1.165) is 22.6 Å². The summed E-state index contributed by atoms with van der Waals surface area (Å²) in [5, 5.41) is 10.1.